The van der Waals surface area contributed by atoms with Crippen LogP contribution in [0.2, 0.25) is 0 Å². The molecule has 2 nitrogen and oxygen atoms in total. The van der Waals surface area contributed by atoms with Crippen LogP contribution in [0.25, 0.3) is 0 Å². The highest BCUT2D eigenvalue weighted by molar-refractivity contribution is 5.82. The number of allylic oxidation sites excluding steroid dienone is 1. The van der Waals surface area contributed by atoms with Gasteiger partial charge in [0.25, 0.3) is 0 Å². The van der Waals surface area contributed by atoms with E-state index in [2.05, 4.69) is 19.9 Å². The lowest BCUT2D eigenvalue weighted by atomic mass is 9.81. The lowest BCUT2D eigenvalue weighted by Gasteiger charge is -2.31. The van der Waals surface area contributed by atoms with E-state index in [4.69, 9.17) is 4.74 Å². The molecule has 19 heavy (non-hydrogen) atoms. The van der Waals surface area contributed by atoms with Crippen LogP contribution in [-0.2, 0) is 9.53 Å². The van der Waals surface area contributed by atoms with Crippen LogP contribution in [0.3, 0.4) is 0 Å². The first-order chi connectivity index (χ1) is 9.15. The Kier molecular flexibility index (Phi) is 5.47. The van der Waals surface area contributed by atoms with E-state index in [1.165, 1.54) is 44.9 Å². The van der Waals surface area contributed by atoms with Gasteiger partial charge < -0.3 is 4.74 Å². The first-order valence-corrected chi connectivity index (χ1v) is 8.04. The molecule has 0 radical (unpaired) electrons. The van der Waals surface area contributed by atoms with Gasteiger partial charge in [-0.1, -0.05) is 39.2 Å². The van der Waals surface area contributed by atoms with Gasteiger partial charge in [0, 0.05) is 6.08 Å². The molecular formula is C17H28O2. The Morgan fingerprint density at radius 3 is 2.47 bits per heavy atom. The lowest BCUT2D eigenvalue weighted by Crippen LogP contribution is -2.30. The molecule has 0 aromatic rings. The smallest absolute Gasteiger partial charge is 0.330 e. The van der Waals surface area contributed by atoms with E-state index < -0.39 is 0 Å². The molecule has 3 unspecified atom stereocenters. The van der Waals surface area contributed by atoms with Gasteiger partial charge in [-0.3, -0.25) is 0 Å². The summed E-state index contributed by atoms with van der Waals surface area (Å²) in [5.41, 5.74) is 0. The molecule has 0 saturated heterocycles. The second-order valence-corrected chi connectivity index (χ2v) is 6.63. The molecule has 0 amide bonds. The second kappa shape index (κ2) is 7.12. The number of rotatable bonds is 3. The van der Waals surface area contributed by atoms with Gasteiger partial charge in [-0.05, 0) is 49.9 Å². The summed E-state index contributed by atoms with van der Waals surface area (Å²) in [5, 5.41) is 0. The lowest BCUT2D eigenvalue weighted by molar-refractivity contribution is -0.147. The Balaban J connectivity index is 1.75. The standard InChI is InChI=1S/C17H28O2/c1-13-8-10-16(14(2)12-13)19-17(18)11-9-15-6-4-3-5-7-15/h9,11,13-16H,3-8,10,12H2,1-2H3/b11-9+. The highest BCUT2D eigenvalue weighted by atomic mass is 16.5. The topological polar surface area (TPSA) is 26.3 Å². The summed E-state index contributed by atoms with van der Waals surface area (Å²) < 4.78 is 5.62. The van der Waals surface area contributed by atoms with Gasteiger partial charge in [0.05, 0.1) is 0 Å². The molecule has 2 heteroatoms. The third kappa shape index (κ3) is 4.67. The molecule has 0 bridgehead atoms. The third-order valence-corrected chi connectivity index (χ3v) is 4.77. The van der Waals surface area contributed by atoms with Gasteiger partial charge in [0.1, 0.15) is 6.10 Å². The Hall–Kier alpha value is -0.790. The van der Waals surface area contributed by atoms with Crippen LogP contribution in [-0.4, -0.2) is 12.1 Å². The predicted octanol–water partition coefficient (Wildman–Crippen LogP) is 4.49. The van der Waals surface area contributed by atoms with E-state index in [-0.39, 0.29) is 12.1 Å². The molecule has 0 spiro atoms. The second-order valence-electron chi connectivity index (χ2n) is 6.63. The number of carbonyl (C=O) groups excluding carboxylic acids is 1. The third-order valence-electron chi connectivity index (χ3n) is 4.77. The van der Waals surface area contributed by atoms with Crippen LogP contribution in [0.1, 0.15) is 65.2 Å². The summed E-state index contributed by atoms with van der Waals surface area (Å²) in [7, 11) is 0. The van der Waals surface area contributed by atoms with Crippen molar-refractivity contribution in [2.45, 2.75) is 71.3 Å². The Bertz CT molecular complexity index is 315. The van der Waals surface area contributed by atoms with Crippen LogP contribution in [0.5, 0.6) is 0 Å². The minimum atomic E-state index is -0.128. The quantitative estimate of drug-likeness (QED) is 0.554. The van der Waals surface area contributed by atoms with E-state index in [0.29, 0.717) is 11.8 Å². The largest absolute Gasteiger partial charge is 0.459 e. The van der Waals surface area contributed by atoms with E-state index in [0.717, 1.165) is 12.3 Å². The van der Waals surface area contributed by atoms with Crippen molar-refractivity contribution in [2.75, 3.05) is 0 Å². The maximum atomic E-state index is 11.9. The Morgan fingerprint density at radius 2 is 1.79 bits per heavy atom. The van der Waals surface area contributed by atoms with E-state index in [1.807, 2.05) is 0 Å². The molecule has 0 aromatic carbocycles. The zero-order valence-corrected chi connectivity index (χ0v) is 12.4. The van der Waals surface area contributed by atoms with Gasteiger partial charge >= 0.3 is 5.97 Å². The summed E-state index contributed by atoms with van der Waals surface area (Å²) in [5.74, 6) is 1.76. The molecule has 2 fully saturated rings. The van der Waals surface area contributed by atoms with E-state index >= 15 is 0 Å². The number of hydrogen-bond acceptors (Lipinski definition) is 2. The highest BCUT2D eigenvalue weighted by Gasteiger charge is 2.27. The van der Waals surface area contributed by atoms with Crippen molar-refractivity contribution in [3.05, 3.63) is 12.2 Å². The maximum absolute atomic E-state index is 11.9. The van der Waals surface area contributed by atoms with E-state index in [9.17, 15) is 4.79 Å². The van der Waals surface area contributed by atoms with Crippen LogP contribution in [0.15, 0.2) is 12.2 Å². The first-order valence-electron chi connectivity index (χ1n) is 8.04. The van der Waals surface area contributed by atoms with Crippen molar-refractivity contribution >= 4 is 5.97 Å². The van der Waals surface area contributed by atoms with Crippen LogP contribution in [0, 0.1) is 17.8 Å². The molecule has 0 heterocycles. The maximum Gasteiger partial charge on any atom is 0.330 e. The summed E-state index contributed by atoms with van der Waals surface area (Å²) in [6.07, 6.45) is 13.8. The molecule has 3 atom stereocenters. The van der Waals surface area contributed by atoms with Crippen molar-refractivity contribution in [1.29, 1.82) is 0 Å². The zero-order chi connectivity index (χ0) is 13.7. The van der Waals surface area contributed by atoms with Crippen LogP contribution in [0.4, 0.5) is 0 Å². The van der Waals surface area contributed by atoms with Gasteiger partial charge in [0.15, 0.2) is 0 Å². The predicted molar refractivity (Wildman–Crippen MR) is 77.8 cm³/mol. The molecular weight excluding hydrogens is 236 g/mol. The van der Waals surface area contributed by atoms with Gasteiger partial charge in [-0.15, -0.1) is 0 Å². The average molecular weight is 264 g/mol. The normalized spacial score (nSPS) is 33.5. The fourth-order valence-corrected chi connectivity index (χ4v) is 3.54. The molecule has 108 valence electrons. The molecule has 2 aliphatic carbocycles. The highest BCUT2D eigenvalue weighted by Crippen LogP contribution is 2.31. The van der Waals surface area contributed by atoms with E-state index in [1.54, 1.807) is 6.08 Å². The minimum absolute atomic E-state index is 0.128. The summed E-state index contributed by atoms with van der Waals surface area (Å²) in [4.78, 5) is 11.9. The van der Waals surface area contributed by atoms with Crippen LogP contribution >= 0.6 is 0 Å². The number of hydrogen-bond donors (Lipinski definition) is 0. The van der Waals surface area contributed by atoms with Gasteiger partial charge in [-0.2, -0.15) is 0 Å². The Morgan fingerprint density at radius 1 is 1.05 bits per heavy atom. The summed E-state index contributed by atoms with van der Waals surface area (Å²) in [6, 6.07) is 0. The fraction of sp³-hybridized carbons (Fsp3) is 0.824. The molecule has 2 rings (SSSR count). The fourth-order valence-electron chi connectivity index (χ4n) is 3.54. The molecule has 0 N–H and O–H groups in total. The SMILES string of the molecule is CC1CCC(OC(=O)/C=C/C2CCCCC2)C(C)C1. The number of carbonyl (C=O) groups is 1. The van der Waals surface area contributed by atoms with Crippen LogP contribution < -0.4 is 0 Å². The van der Waals surface area contributed by atoms with Crippen molar-refractivity contribution in [3.63, 3.8) is 0 Å². The van der Waals surface area contributed by atoms with Crippen molar-refractivity contribution < 1.29 is 9.53 Å². The molecule has 2 aliphatic rings. The van der Waals surface area contributed by atoms with Crippen molar-refractivity contribution in [2.24, 2.45) is 17.8 Å². The summed E-state index contributed by atoms with van der Waals surface area (Å²) in [6.45, 7) is 4.50. The monoisotopic (exact) mass is 264 g/mol. The van der Waals surface area contributed by atoms with Gasteiger partial charge in [-0.25, -0.2) is 4.79 Å². The number of ether oxygens (including phenoxy) is 1. The van der Waals surface area contributed by atoms with Gasteiger partial charge in [0.2, 0.25) is 0 Å². The first kappa shape index (κ1) is 14.6. The average Bonchev–Trinajstić information content (AvgIpc) is 2.41. The van der Waals surface area contributed by atoms with Crippen molar-refractivity contribution in [1.82, 2.24) is 0 Å². The Labute approximate surface area is 117 Å². The molecule has 0 aromatic heterocycles. The number of esters is 1. The minimum Gasteiger partial charge on any atom is -0.459 e. The molecule has 0 aliphatic heterocycles. The molecule has 2 saturated carbocycles. The summed E-state index contributed by atoms with van der Waals surface area (Å²) >= 11 is 0. The van der Waals surface area contributed by atoms with Crippen molar-refractivity contribution in [3.8, 4) is 0 Å². The zero-order valence-electron chi connectivity index (χ0n) is 12.4.